The van der Waals surface area contributed by atoms with Gasteiger partial charge in [-0.15, -0.1) is 5.56 Å². The van der Waals surface area contributed by atoms with E-state index in [-0.39, 0.29) is 43.5 Å². The topological polar surface area (TPSA) is 59.0 Å². The number of benzene rings is 3. The van der Waals surface area contributed by atoms with Gasteiger partial charge in [0.25, 0.3) is 0 Å². The van der Waals surface area contributed by atoms with E-state index in [9.17, 15) is 9.90 Å². The number of aryl methyl sites for hydroxylation is 1. The average Bonchev–Trinajstić information content (AvgIpc) is 3.57. The van der Waals surface area contributed by atoms with Crippen molar-refractivity contribution in [2.45, 2.75) is 79.9 Å². The first-order valence-corrected chi connectivity index (χ1v) is 20.4. The minimum absolute atomic E-state index is 0. The number of fused-ring (bicyclic) bond motifs is 7. The monoisotopic (exact) mass is 821 g/mol. The summed E-state index contributed by atoms with van der Waals surface area (Å²) in [6.45, 7) is 17.5. The number of rotatable bonds is 8. The van der Waals surface area contributed by atoms with Crippen molar-refractivity contribution in [1.82, 2.24) is 13.8 Å². The first-order chi connectivity index (χ1) is 22.0. The number of carbonyl (C=O) groups is 1. The molecule has 0 fully saturated rings. The molecule has 7 heteroatoms. The van der Waals surface area contributed by atoms with Crippen LogP contribution in [-0.4, -0.2) is 32.7 Å². The Bertz CT molecular complexity index is 2250. The zero-order valence-electron chi connectivity index (χ0n) is 28.9. The molecule has 0 saturated heterocycles. The summed E-state index contributed by atoms with van der Waals surface area (Å²) in [6, 6.07) is 22.2. The summed E-state index contributed by atoms with van der Waals surface area (Å²) in [5.41, 5.74) is 6.91. The summed E-state index contributed by atoms with van der Waals surface area (Å²) in [6.07, 6.45) is 8.53. The first kappa shape index (κ1) is 34.8. The molecule has 3 aromatic carbocycles. The number of para-hydroxylation sites is 2. The fraction of sp³-hybridized carbons (Fsp3) is 0.350. The van der Waals surface area contributed by atoms with Crippen LogP contribution < -0.4 is 5.19 Å². The summed E-state index contributed by atoms with van der Waals surface area (Å²) in [7, 11) is -1.54. The predicted octanol–water partition coefficient (Wildman–Crippen LogP) is 10.2. The van der Waals surface area contributed by atoms with Gasteiger partial charge in [-0.25, -0.2) is 0 Å². The van der Waals surface area contributed by atoms with Crippen LogP contribution in [0.4, 0.5) is 0 Å². The summed E-state index contributed by atoms with van der Waals surface area (Å²) in [4.78, 5) is 16.9. The largest absolute Gasteiger partial charge is 0.512 e. The second kappa shape index (κ2) is 13.5. The van der Waals surface area contributed by atoms with Crippen molar-refractivity contribution in [3.8, 4) is 0 Å². The van der Waals surface area contributed by atoms with E-state index in [4.69, 9.17) is 4.98 Å². The van der Waals surface area contributed by atoms with Gasteiger partial charge < -0.3 is 13.9 Å². The molecule has 4 aromatic heterocycles. The molecule has 0 bridgehead atoms. The Labute approximate surface area is 292 Å². The van der Waals surface area contributed by atoms with Crippen LogP contribution in [0.25, 0.3) is 54.8 Å². The van der Waals surface area contributed by atoms with Crippen LogP contribution in [0.3, 0.4) is 0 Å². The van der Waals surface area contributed by atoms with Gasteiger partial charge in [0.15, 0.2) is 5.78 Å². The molecule has 0 atom stereocenters. The van der Waals surface area contributed by atoms with E-state index < -0.39 is 8.07 Å². The molecule has 247 valence electrons. The predicted molar refractivity (Wildman–Crippen MR) is 198 cm³/mol. The Morgan fingerprint density at radius 3 is 2.11 bits per heavy atom. The Morgan fingerprint density at radius 2 is 1.47 bits per heavy atom. The number of carbonyl (C=O) groups excluding carboxylic acids is 1. The molecule has 0 aliphatic carbocycles. The quantitative estimate of drug-likeness (QED) is 0.0415. The molecule has 1 N–H and O–H groups in total. The van der Waals surface area contributed by atoms with E-state index in [0.29, 0.717) is 0 Å². The molecule has 0 spiro atoms. The molecule has 7 rings (SSSR count). The Kier molecular flexibility index (Phi) is 10.0. The standard InChI is InChI=1S/C27H22N3Si.C13H24O2.Ir/c1-16-15-29-26-25-20(18-9-5-7-11-21(18)28-26)13-17(31(2,3)4)14-23(25)30-22-12-8-6-10-19(22)24(16)27(29)30;1-5-10(6-2)12(14)9-13(15)11(7-3)8-4;/h5-14H,1-4H3;9-11,14H,5-8H2,1-4H3;/q-1;;/b;12-9-;. The van der Waals surface area contributed by atoms with E-state index in [0.717, 1.165) is 36.8 Å². The normalized spacial score (nSPS) is 12.7. The van der Waals surface area contributed by atoms with E-state index in [1.165, 1.54) is 60.4 Å². The molecule has 5 nitrogen and oxygen atoms in total. The number of nitrogens with zero attached hydrogens (tertiary/aromatic N) is 3. The van der Waals surface area contributed by atoms with Gasteiger partial charge in [0.1, 0.15) is 0 Å². The van der Waals surface area contributed by atoms with E-state index in [1.807, 2.05) is 27.7 Å². The maximum Gasteiger partial charge on any atom is 0.162 e. The molecular formula is C40H46IrN3O2Si-. The van der Waals surface area contributed by atoms with Crippen molar-refractivity contribution in [2.75, 3.05) is 0 Å². The third-order valence-corrected chi connectivity index (χ3v) is 11.9. The summed E-state index contributed by atoms with van der Waals surface area (Å²) in [5, 5.41) is 17.5. The first-order valence-electron chi connectivity index (χ1n) is 16.9. The van der Waals surface area contributed by atoms with Crippen molar-refractivity contribution >= 4 is 73.8 Å². The van der Waals surface area contributed by atoms with E-state index >= 15 is 0 Å². The SMILES string of the molecule is CCC(CC)C(=O)/C=C(\O)C(CC)CC.Cc1[c-]n2c3nc4ccccc4c4cc([Si](C)(C)C)cc(c43)n3c4ccccc4c1c23.[Ir]. The van der Waals surface area contributed by atoms with Crippen LogP contribution in [0, 0.1) is 25.0 Å². The molecule has 47 heavy (non-hydrogen) atoms. The Hall–Kier alpha value is -3.51. The molecule has 4 heterocycles. The van der Waals surface area contributed by atoms with Crippen molar-refractivity contribution < 1.29 is 30.0 Å². The minimum Gasteiger partial charge on any atom is -0.512 e. The van der Waals surface area contributed by atoms with Gasteiger partial charge in [-0.05, 0) is 54.7 Å². The molecular weight excluding hydrogens is 775 g/mol. The molecule has 0 saturated carbocycles. The zero-order chi connectivity index (χ0) is 32.9. The third kappa shape index (κ3) is 5.92. The van der Waals surface area contributed by atoms with Crippen LogP contribution in [0.1, 0.15) is 58.9 Å². The number of allylic oxidation sites excluding steroid dienone is 2. The van der Waals surface area contributed by atoms with E-state index in [1.54, 1.807) is 0 Å². The molecule has 0 aliphatic heterocycles. The maximum absolute atomic E-state index is 11.7. The number of hydrogen-bond acceptors (Lipinski definition) is 3. The number of aliphatic hydroxyl groups excluding tert-OH is 1. The average molecular weight is 821 g/mol. The molecule has 1 radical (unpaired) electrons. The molecule has 0 unspecified atom stereocenters. The number of aliphatic hydroxyl groups is 1. The van der Waals surface area contributed by atoms with Crippen molar-refractivity contribution in [3.63, 3.8) is 0 Å². The zero-order valence-corrected chi connectivity index (χ0v) is 32.3. The van der Waals surface area contributed by atoms with Gasteiger partial charge in [0, 0.05) is 65.5 Å². The molecule has 0 amide bonds. The number of pyridine rings is 1. The van der Waals surface area contributed by atoms with Crippen molar-refractivity contribution in [3.05, 3.63) is 84.3 Å². The molecule has 7 aromatic rings. The van der Waals surface area contributed by atoms with Crippen LogP contribution in [0.15, 0.2) is 72.5 Å². The second-order valence-electron chi connectivity index (χ2n) is 13.7. The number of aromatic nitrogens is 3. The van der Waals surface area contributed by atoms with Crippen LogP contribution in [0.5, 0.6) is 0 Å². The maximum atomic E-state index is 11.7. The van der Waals surface area contributed by atoms with Crippen LogP contribution >= 0.6 is 0 Å². The summed E-state index contributed by atoms with van der Waals surface area (Å²) >= 11 is 0. The van der Waals surface area contributed by atoms with Gasteiger partial charge in [-0.1, -0.05) is 113 Å². The number of hydrogen-bond donors (Lipinski definition) is 1. The van der Waals surface area contributed by atoms with Gasteiger partial charge in [-0.3, -0.25) is 9.78 Å². The van der Waals surface area contributed by atoms with E-state index in [2.05, 4.69) is 102 Å². The number of ketones is 1. The van der Waals surface area contributed by atoms with Gasteiger partial charge in [-0.2, -0.15) is 0 Å². The Morgan fingerprint density at radius 1 is 0.851 bits per heavy atom. The van der Waals surface area contributed by atoms with Crippen LogP contribution in [-0.2, 0) is 24.9 Å². The van der Waals surface area contributed by atoms with Crippen molar-refractivity contribution in [1.29, 1.82) is 0 Å². The summed E-state index contributed by atoms with van der Waals surface area (Å²) < 4.78 is 4.64. The van der Waals surface area contributed by atoms with Gasteiger partial charge in [0.05, 0.1) is 25.0 Å². The minimum atomic E-state index is -1.54. The third-order valence-electron chi connectivity index (χ3n) is 9.88. The van der Waals surface area contributed by atoms with Crippen LogP contribution in [0.2, 0.25) is 19.6 Å². The fourth-order valence-corrected chi connectivity index (χ4v) is 8.22. The van der Waals surface area contributed by atoms with Gasteiger partial charge >= 0.3 is 0 Å². The van der Waals surface area contributed by atoms with Gasteiger partial charge in [0.2, 0.25) is 0 Å². The smallest absolute Gasteiger partial charge is 0.162 e. The Balaban J connectivity index is 0.000000234. The van der Waals surface area contributed by atoms with Crippen molar-refractivity contribution in [2.24, 2.45) is 11.8 Å². The fourth-order valence-electron chi connectivity index (χ4n) is 7.08. The molecule has 0 aliphatic rings. The second-order valence-corrected chi connectivity index (χ2v) is 18.8. The summed E-state index contributed by atoms with van der Waals surface area (Å²) in [5.74, 6) is 0.547.